The molecule has 2 fully saturated rings. The molecule has 1 aliphatic carbocycles. The molecule has 3 amide bonds. The highest BCUT2D eigenvalue weighted by Gasteiger charge is 2.44. The van der Waals surface area contributed by atoms with Crippen molar-refractivity contribution < 1.29 is 19.1 Å². The van der Waals surface area contributed by atoms with Gasteiger partial charge in [0, 0.05) is 23.9 Å². The molecule has 8 nitrogen and oxygen atoms in total. The first-order chi connectivity index (χ1) is 15.5. The number of nitrogens with one attached hydrogen (secondary N) is 2. The highest BCUT2D eigenvalue weighted by atomic mass is 32.2. The summed E-state index contributed by atoms with van der Waals surface area (Å²) in [5.74, 6) is 0.128. The van der Waals surface area contributed by atoms with E-state index in [-0.39, 0.29) is 23.1 Å². The smallest absolute Gasteiger partial charge is 0.407 e. The Labute approximate surface area is 203 Å². The van der Waals surface area contributed by atoms with Gasteiger partial charge in [0.25, 0.3) is 0 Å². The summed E-state index contributed by atoms with van der Waals surface area (Å²) < 4.78 is 4.64. The van der Waals surface area contributed by atoms with E-state index in [0.717, 1.165) is 32.1 Å². The van der Waals surface area contributed by atoms with Crippen molar-refractivity contribution in [2.75, 3.05) is 19.7 Å². The molecule has 9 heteroatoms. The fraction of sp³-hybridized carbons (Fsp3) is 0.875. The van der Waals surface area contributed by atoms with Gasteiger partial charge in [0.15, 0.2) is 0 Å². The lowest BCUT2D eigenvalue weighted by Crippen LogP contribution is -2.60. The second-order valence-electron chi connectivity index (χ2n) is 10.2. The zero-order valence-electron chi connectivity index (χ0n) is 21.0. The van der Waals surface area contributed by atoms with E-state index < -0.39 is 22.9 Å². The summed E-state index contributed by atoms with van der Waals surface area (Å²) in [6, 6.07) is -1.01. The number of thioether (sulfide) groups is 1. The van der Waals surface area contributed by atoms with Gasteiger partial charge in [-0.2, -0.15) is 11.8 Å². The second-order valence-corrected chi connectivity index (χ2v) is 12.4. The normalized spacial score (nSPS) is 24.5. The maximum Gasteiger partial charge on any atom is 0.407 e. The number of rotatable bonds is 10. The third-order valence-electron chi connectivity index (χ3n) is 6.48. The molecule has 1 saturated carbocycles. The first kappa shape index (κ1) is 27.8. The standard InChI is InChI=1S/C24H44N4O4S/c1-6-14-32-23(31)27-20(24(4,5)33-16(2)3)22(30)28-13-7-8-19(28)21(29)26-15-17-9-11-18(25)12-10-17/h16-20H,6-15,25H2,1-5H3,(H,26,29)(H,27,31)/t17?,18?,19-,20?/m0/s1. The molecule has 190 valence electrons. The molecule has 0 bridgehead atoms. The lowest BCUT2D eigenvalue weighted by molar-refractivity contribution is -0.140. The van der Waals surface area contributed by atoms with Gasteiger partial charge in [-0.05, 0) is 70.0 Å². The van der Waals surface area contributed by atoms with Crippen LogP contribution in [-0.4, -0.2) is 70.6 Å². The van der Waals surface area contributed by atoms with Crippen LogP contribution in [0.3, 0.4) is 0 Å². The van der Waals surface area contributed by atoms with E-state index in [1.54, 1.807) is 16.7 Å². The number of hydrogen-bond donors (Lipinski definition) is 3. The number of nitrogens with zero attached hydrogens (tertiary/aromatic N) is 1. The summed E-state index contributed by atoms with van der Waals surface area (Å²) in [5, 5.41) is 6.15. The summed E-state index contributed by atoms with van der Waals surface area (Å²) >= 11 is 1.63. The molecule has 33 heavy (non-hydrogen) atoms. The molecule has 2 rings (SSSR count). The van der Waals surface area contributed by atoms with Gasteiger partial charge in [-0.25, -0.2) is 4.79 Å². The van der Waals surface area contributed by atoms with Crippen molar-refractivity contribution in [1.82, 2.24) is 15.5 Å². The molecule has 2 atom stereocenters. The van der Waals surface area contributed by atoms with E-state index in [2.05, 4.69) is 24.5 Å². The van der Waals surface area contributed by atoms with Crippen LogP contribution in [0.15, 0.2) is 0 Å². The van der Waals surface area contributed by atoms with Crippen molar-refractivity contribution in [3.05, 3.63) is 0 Å². The van der Waals surface area contributed by atoms with Crippen molar-refractivity contribution in [1.29, 1.82) is 0 Å². The predicted octanol–water partition coefficient (Wildman–Crippen LogP) is 3.04. The van der Waals surface area contributed by atoms with Crippen LogP contribution in [0.25, 0.3) is 0 Å². The van der Waals surface area contributed by atoms with Gasteiger partial charge in [0.1, 0.15) is 12.1 Å². The molecule has 1 saturated heterocycles. The number of nitrogens with two attached hydrogens (primary N) is 1. The summed E-state index contributed by atoms with van der Waals surface area (Å²) in [4.78, 5) is 40.8. The Morgan fingerprint density at radius 1 is 1.15 bits per heavy atom. The van der Waals surface area contributed by atoms with Crippen LogP contribution in [0.2, 0.25) is 0 Å². The van der Waals surface area contributed by atoms with Crippen molar-refractivity contribution >= 4 is 29.7 Å². The lowest BCUT2D eigenvalue weighted by atomic mass is 9.86. The molecule has 1 aliphatic heterocycles. The minimum Gasteiger partial charge on any atom is -0.450 e. The Kier molecular flexibility index (Phi) is 10.8. The Hall–Kier alpha value is -1.48. The number of hydrogen-bond acceptors (Lipinski definition) is 6. The monoisotopic (exact) mass is 484 g/mol. The molecule has 0 radical (unpaired) electrons. The summed E-state index contributed by atoms with van der Waals surface area (Å²) in [6.45, 7) is 11.4. The van der Waals surface area contributed by atoms with Gasteiger partial charge in [0.2, 0.25) is 11.8 Å². The van der Waals surface area contributed by atoms with Crippen LogP contribution in [0, 0.1) is 5.92 Å². The van der Waals surface area contributed by atoms with Crippen molar-refractivity contribution in [3.63, 3.8) is 0 Å². The first-order valence-electron chi connectivity index (χ1n) is 12.5. The first-order valence-corrected chi connectivity index (χ1v) is 13.4. The Morgan fingerprint density at radius 2 is 1.82 bits per heavy atom. The van der Waals surface area contributed by atoms with Crippen molar-refractivity contribution in [2.45, 2.75) is 108 Å². The maximum absolute atomic E-state index is 13.7. The van der Waals surface area contributed by atoms with E-state index in [9.17, 15) is 14.4 Å². The Morgan fingerprint density at radius 3 is 2.42 bits per heavy atom. The molecule has 2 aliphatic rings. The van der Waals surface area contributed by atoms with Gasteiger partial charge in [-0.3, -0.25) is 9.59 Å². The van der Waals surface area contributed by atoms with Gasteiger partial charge in [-0.15, -0.1) is 0 Å². The number of carbonyl (C=O) groups excluding carboxylic acids is 3. The number of alkyl carbamates (subject to hydrolysis) is 1. The second kappa shape index (κ2) is 12.8. The van der Waals surface area contributed by atoms with Crippen LogP contribution < -0.4 is 16.4 Å². The van der Waals surface area contributed by atoms with E-state index in [1.807, 2.05) is 20.8 Å². The minimum absolute atomic E-state index is 0.0997. The average molecular weight is 485 g/mol. The van der Waals surface area contributed by atoms with Crippen LogP contribution in [-0.2, 0) is 14.3 Å². The molecular formula is C24H44N4O4S. The summed E-state index contributed by atoms with van der Waals surface area (Å²) in [5.41, 5.74) is 5.99. The molecule has 1 heterocycles. The minimum atomic E-state index is -0.789. The number of likely N-dealkylation sites (tertiary alicyclic amines) is 1. The highest BCUT2D eigenvalue weighted by Crippen LogP contribution is 2.34. The molecule has 0 spiro atoms. The van der Waals surface area contributed by atoms with E-state index in [0.29, 0.717) is 38.5 Å². The van der Waals surface area contributed by atoms with Gasteiger partial charge in [0.05, 0.1) is 6.61 Å². The highest BCUT2D eigenvalue weighted by molar-refractivity contribution is 8.01. The van der Waals surface area contributed by atoms with Crippen LogP contribution >= 0.6 is 11.8 Å². The summed E-state index contributed by atoms with van der Waals surface area (Å²) in [7, 11) is 0. The van der Waals surface area contributed by atoms with E-state index >= 15 is 0 Å². The van der Waals surface area contributed by atoms with Gasteiger partial charge < -0.3 is 26.0 Å². The van der Waals surface area contributed by atoms with E-state index in [4.69, 9.17) is 10.5 Å². The molecule has 0 aromatic carbocycles. The fourth-order valence-electron chi connectivity index (χ4n) is 4.79. The number of ether oxygens (including phenoxy) is 1. The van der Waals surface area contributed by atoms with Gasteiger partial charge >= 0.3 is 6.09 Å². The van der Waals surface area contributed by atoms with Crippen molar-refractivity contribution in [3.8, 4) is 0 Å². The molecule has 0 aromatic heterocycles. The maximum atomic E-state index is 13.7. The predicted molar refractivity (Wildman–Crippen MR) is 133 cm³/mol. The van der Waals surface area contributed by atoms with Crippen LogP contribution in [0.5, 0.6) is 0 Å². The molecular weight excluding hydrogens is 440 g/mol. The fourth-order valence-corrected chi connectivity index (χ4v) is 6.30. The van der Waals surface area contributed by atoms with Crippen LogP contribution in [0.4, 0.5) is 4.79 Å². The topological polar surface area (TPSA) is 114 Å². The molecule has 4 N–H and O–H groups in total. The van der Waals surface area contributed by atoms with Gasteiger partial charge in [-0.1, -0.05) is 20.8 Å². The van der Waals surface area contributed by atoms with Crippen molar-refractivity contribution in [2.24, 2.45) is 11.7 Å². The third kappa shape index (κ3) is 8.35. The third-order valence-corrected chi connectivity index (χ3v) is 7.79. The SMILES string of the molecule is CCCOC(=O)NC(C(=O)N1CCC[C@H]1C(=O)NCC1CCC(N)CC1)C(C)(C)SC(C)C. The molecule has 1 unspecified atom stereocenters. The average Bonchev–Trinajstić information content (AvgIpc) is 3.24. The zero-order chi connectivity index (χ0) is 24.6. The number of carbonyl (C=O) groups is 3. The quantitative estimate of drug-likeness (QED) is 0.439. The number of amides is 3. The summed E-state index contributed by atoms with van der Waals surface area (Å²) in [6.07, 6.45) is 5.57. The zero-order valence-corrected chi connectivity index (χ0v) is 21.8. The lowest BCUT2D eigenvalue weighted by Gasteiger charge is -2.38. The Balaban J connectivity index is 2.07. The largest absolute Gasteiger partial charge is 0.450 e. The molecule has 0 aromatic rings. The Bertz CT molecular complexity index is 665. The van der Waals surface area contributed by atoms with Crippen LogP contribution in [0.1, 0.15) is 79.6 Å². The van der Waals surface area contributed by atoms with E-state index in [1.165, 1.54) is 0 Å².